The molecule has 2 nitrogen and oxygen atoms in total. The molecule has 0 radical (unpaired) electrons. The molecule has 1 saturated carbocycles. The minimum atomic E-state index is -0.0465. The summed E-state index contributed by atoms with van der Waals surface area (Å²) in [5.41, 5.74) is 2.48. The van der Waals surface area contributed by atoms with Crippen LogP contribution in [0.4, 0.5) is 0 Å². The maximum atomic E-state index is 11.3. The first-order valence-electron chi connectivity index (χ1n) is 6.60. The third kappa shape index (κ3) is 3.73. The molecule has 0 atom stereocenters. The van der Waals surface area contributed by atoms with Crippen molar-refractivity contribution >= 4 is 12.0 Å². The minimum absolute atomic E-state index is 0.0465. The fourth-order valence-corrected chi connectivity index (χ4v) is 1.74. The third-order valence-corrected chi connectivity index (χ3v) is 3.15. The Balaban J connectivity index is 1.79. The molecule has 2 heteroatoms. The summed E-state index contributed by atoms with van der Waals surface area (Å²) in [5, 5.41) is 0. The summed E-state index contributed by atoms with van der Waals surface area (Å²) in [4.78, 5) is 11.3. The molecule has 0 saturated heterocycles. The molecule has 0 spiro atoms. The van der Waals surface area contributed by atoms with Gasteiger partial charge in [-0.05, 0) is 36.0 Å². The first kappa shape index (κ1) is 12.9. The standard InChI is InChI=1S/C16H20O2/c1-12(2)14-7-5-13(6-8-14)4-3-11-18-16(17)15-9-10-15/h3-8,12,15H,9-11H2,1-2H3/b4-3+. The van der Waals surface area contributed by atoms with E-state index in [4.69, 9.17) is 4.74 Å². The van der Waals surface area contributed by atoms with Crippen molar-refractivity contribution in [1.29, 1.82) is 0 Å². The van der Waals surface area contributed by atoms with Gasteiger partial charge in [0.15, 0.2) is 0 Å². The molecular weight excluding hydrogens is 224 g/mol. The van der Waals surface area contributed by atoms with E-state index >= 15 is 0 Å². The molecule has 0 amide bonds. The van der Waals surface area contributed by atoms with Gasteiger partial charge in [0.25, 0.3) is 0 Å². The van der Waals surface area contributed by atoms with Crippen molar-refractivity contribution in [2.75, 3.05) is 6.61 Å². The highest BCUT2D eigenvalue weighted by atomic mass is 16.5. The average molecular weight is 244 g/mol. The van der Waals surface area contributed by atoms with Crippen molar-refractivity contribution in [1.82, 2.24) is 0 Å². The molecule has 0 N–H and O–H groups in total. The Labute approximate surface area is 109 Å². The van der Waals surface area contributed by atoms with Crippen LogP contribution in [0.1, 0.15) is 43.7 Å². The second-order valence-corrected chi connectivity index (χ2v) is 5.13. The molecule has 0 aromatic heterocycles. The predicted molar refractivity (Wildman–Crippen MR) is 73.2 cm³/mol. The fourth-order valence-electron chi connectivity index (χ4n) is 1.74. The zero-order valence-corrected chi connectivity index (χ0v) is 11.1. The number of esters is 1. The zero-order chi connectivity index (χ0) is 13.0. The lowest BCUT2D eigenvalue weighted by molar-refractivity contribution is -0.143. The number of ether oxygens (including phenoxy) is 1. The zero-order valence-electron chi connectivity index (χ0n) is 11.1. The van der Waals surface area contributed by atoms with Crippen LogP contribution in [0.5, 0.6) is 0 Å². The number of carbonyl (C=O) groups excluding carboxylic acids is 1. The molecule has 1 fully saturated rings. The summed E-state index contributed by atoms with van der Waals surface area (Å²) in [6, 6.07) is 8.46. The van der Waals surface area contributed by atoms with Crippen molar-refractivity contribution in [3.05, 3.63) is 41.5 Å². The number of hydrogen-bond donors (Lipinski definition) is 0. The van der Waals surface area contributed by atoms with E-state index in [1.54, 1.807) is 0 Å². The Bertz CT molecular complexity index is 425. The minimum Gasteiger partial charge on any atom is -0.461 e. The van der Waals surface area contributed by atoms with Gasteiger partial charge < -0.3 is 4.74 Å². The maximum Gasteiger partial charge on any atom is 0.309 e. The van der Waals surface area contributed by atoms with Crippen LogP contribution in [0, 0.1) is 5.92 Å². The van der Waals surface area contributed by atoms with Gasteiger partial charge in [0.1, 0.15) is 6.61 Å². The third-order valence-electron chi connectivity index (χ3n) is 3.15. The highest BCUT2D eigenvalue weighted by Gasteiger charge is 2.30. The molecule has 0 heterocycles. The summed E-state index contributed by atoms with van der Waals surface area (Å²) >= 11 is 0. The summed E-state index contributed by atoms with van der Waals surface area (Å²) in [6.45, 7) is 4.74. The summed E-state index contributed by atoms with van der Waals surface area (Å²) < 4.78 is 5.12. The van der Waals surface area contributed by atoms with Gasteiger partial charge >= 0.3 is 5.97 Å². The monoisotopic (exact) mass is 244 g/mol. The normalized spacial score (nSPS) is 15.3. The maximum absolute atomic E-state index is 11.3. The van der Waals surface area contributed by atoms with Gasteiger partial charge in [0.05, 0.1) is 5.92 Å². The highest BCUT2D eigenvalue weighted by molar-refractivity contribution is 5.75. The van der Waals surface area contributed by atoms with Crippen LogP contribution < -0.4 is 0 Å². The summed E-state index contributed by atoms with van der Waals surface area (Å²) in [7, 11) is 0. The van der Waals surface area contributed by atoms with Crippen LogP contribution in [0.15, 0.2) is 30.3 Å². The van der Waals surface area contributed by atoms with Crippen molar-refractivity contribution in [3.63, 3.8) is 0 Å². The van der Waals surface area contributed by atoms with Crippen LogP contribution in [-0.4, -0.2) is 12.6 Å². The Hall–Kier alpha value is -1.57. The lowest BCUT2D eigenvalue weighted by Gasteiger charge is -2.04. The van der Waals surface area contributed by atoms with E-state index in [1.165, 1.54) is 5.56 Å². The van der Waals surface area contributed by atoms with Crippen LogP contribution in [0.3, 0.4) is 0 Å². The van der Waals surface area contributed by atoms with Crippen molar-refractivity contribution < 1.29 is 9.53 Å². The van der Waals surface area contributed by atoms with Crippen molar-refractivity contribution in [2.24, 2.45) is 5.92 Å². The Morgan fingerprint density at radius 3 is 2.56 bits per heavy atom. The predicted octanol–water partition coefficient (Wildman–Crippen LogP) is 3.78. The first-order valence-corrected chi connectivity index (χ1v) is 6.60. The smallest absolute Gasteiger partial charge is 0.309 e. The van der Waals surface area contributed by atoms with Gasteiger partial charge in [-0.25, -0.2) is 0 Å². The largest absolute Gasteiger partial charge is 0.461 e. The molecule has 1 aromatic rings. The van der Waals surface area contributed by atoms with E-state index < -0.39 is 0 Å². The fraction of sp³-hybridized carbons (Fsp3) is 0.438. The van der Waals surface area contributed by atoms with E-state index in [2.05, 4.69) is 38.1 Å². The van der Waals surface area contributed by atoms with Crippen molar-refractivity contribution in [3.8, 4) is 0 Å². The van der Waals surface area contributed by atoms with Gasteiger partial charge in [0.2, 0.25) is 0 Å². The SMILES string of the molecule is CC(C)c1ccc(/C=C/COC(=O)C2CC2)cc1. The molecule has 18 heavy (non-hydrogen) atoms. The summed E-state index contributed by atoms with van der Waals surface area (Å²) in [6.07, 6.45) is 5.88. The van der Waals surface area contributed by atoms with Crippen LogP contribution >= 0.6 is 0 Å². The number of carbonyl (C=O) groups is 1. The van der Waals surface area contributed by atoms with Crippen molar-refractivity contribution in [2.45, 2.75) is 32.6 Å². The molecule has 0 bridgehead atoms. The average Bonchev–Trinajstić information content (AvgIpc) is 3.19. The Kier molecular flexibility index (Phi) is 4.19. The Morgan fingerprint density at radius 1 is 1.33 bits per heavy atom. The summed E-state index contributed by atoms with van der Waals surface area (Å²) in [5.74, 6) is 0.695. The van der Waals surface area contributed by atoms with E-state index in [9.17, 15) is 4.79 Å². The quantitative estimate of drug-likeness (QED) is 0.737. The van der Waals surface area contributed by atoms with Crippen LogP contribution in [0.25, 0.3) is 6.08 Å². The molecule has 1 aliphatic rings. The molecule has 2 rings (SSSR count). The van der Waals surface area contributed by atoms with Gasteiger partial charge in [-0.2, -0.15) is 0 Å². The first-order chi connectivity index (χ1) is 8.66. The molecular formula is C16H20O2. The number of hydrogen-bond acceptors (Lipinski definition) is 2. The van der Waals surface area contributed by atoms with Gasteiger partial charge in [-0.15, -0.1) is 0 Å². The number of rotatable bonds is 5. The lowest BCUT2D eigenvalue weighted by Crippen LogP contribution is -2.05. The van der Waals surface area contributed by atoms with Gasteiger partial charge in [-0.1, -0.05) is 44.2 Å². The van der Waals surface area contributed by atoms with Gasteiger partial charge in [0, 0.05) is 0 Å². The molecule has 96 valence electrons. The van der Waals surface area contributed by atoms with E-state index in [1.807, 2.05) is 12.2 Å². The molecule has 0 unspecified atom stereocenters. The molecule has 0 aliphatic heterocycles. The van der Waals surface area contributed by atoms with Gasteiger partial charge in [-0.3, -0.25) is 4.79 Å². The second kappa shape index (κ2) is 5.85. The number of benzene rings is 1. The molecule has 1 aliphatic carbocycles. The highest BCUT2D eigenvalue weighted by Crippen LogP contribution is 2.29. The second-order valence-electron chi connectivity index (χ2n) is 5.13. The molecule has 1 aromatic carbocycles. The lowest BCUT2D eigenvalue weighted by atomic mass is 10.0. The van der Waals surface area contributed by atoms with Crippen LogP contribution in [0.2, 0.25) is 0 Å². The Morgan fingerprint density at radius 2 is 2.00 bits per heavy atom. The van der Waals surface area contributed by atoms with E-state index in [0.717, 1.165) is 18.4 Å². The van der Waals surface area contributed by atoms with E-state index in [0.29, 0.717) is 12.5 Å². The van der Waals surface area contributed by atoms with Crippen LogP contribution in [-0.2, 0) is 9.53 Å². The topological polar surface area (TPSA) is 26.3 Å². The van der Waals surface area contributed by atoms with E-state index in [-0.39, 0.29) is 11.9 Å².